The second kappa shape index (κ2) is 14.9. The van der Waals surface area contributed by atoms with E-state index in [1.54, 1.807) is 6.07 Å². The fraction of sp³-hybridized carbons (Fsp3) is 0.750. The molecule has 0 amide bonds. The minimum absolute atomic E-state index is 0.0123. The first-order valence-electron chi connectivity index (χ1n) is 11.2. The third-order valence-corrected chi connectivity index (χ3v) is 5.53. The molecule has 1 atom stereocenters. The van der Waals surface area contributed by atoms with Gasteiger partial charge >= 0.3 is 0 Å². The van der Waals surface area contributed by atoms with Gasteiger partial charge in [-0.15, -0.1) is 0 Å². The zero-order chi connectivity index (χ0) is 19.0. The van der Waals surface area contributed by atoms with Crippen LogP contribution in [0.25, 0.3) is 0 Å². The highest BCUT2D eigenvalue weighted by molar-refractivity contribution is 5.46. The lowest BCUT2D eigenvalue weighted by molar-refractivity contribution is 0.390. The van der Waals surface area contributed by atoms with Crippen LogP contribution in [0.4, 0.5) is 0 Å². The second-order valence-electron chi connectivity index (χ2n) is 7.88. The normalized spacial score (nSPS) is 12.4. The summed E-state index contributed by atoms with van der Waals surface area (Å²) in [5, 5.41) is 19.9. The molecule has 1 aromatic rings. The maximum atomic E-state index is 10.1. The minimum atomic E-state index is 0.0123. The summed E-state index contributed by atoms with van der Waals surface area (Å²) < 4.78 is 0. The van der Waals surface area contributed by atoms with Crippen molar-refractivity contribution in [2.75, 3.05) is 0 Å². The lowest BCUT2D eigenvalue weighted by Gasteiger charge is -2.18. The number of benzene rings is 1. The number of phenols is 2. The average molecular weight is 363 g/mol. The maximum absolute atomic E-state index is 10.1. The zero-order valence-electron chi connectivity index (χ0n) is 17.3. The van der Waals surface area contributed by atoms with Gasteiger partial charge in [-0.2, -0.15) is 0 Å². The lowest BCUT2D eigenvalue weighted by atomic mass is 9.88. The number of para-hydroxylation sites is 1. The molecule has 26 heavy (non-hydrogen) atoms. The van der Waals surface area contributed by atoms with Crippen LogP contribution in [0.2, 0.25) is 0 Å². The van der Waals surface area contributed by atoms with Gasteiger partial charge in [0.1, 0.15) is 0 Å². The van der Waals surface area contributed by atoms with Crippen LogP contribution in [0.5, 0.6) is 11.5 Å². The van der Waals surface area contributed by atoms with E-state index in [9.17, 15) is 10.2 Å². The van der Waals surface area contributed by atoms with E-state index in [1.165, 1.54) is 77.0 Å². The summed E-state index contributed by atoms with van der Waals surface area (Å²) >= 11 is 0. The Bertz CT molecular complexity index is 456. The van der Waals surface area contributed by atoms with E-state index in [0.29, 0.717) is 5.92 Å². The third-order valence-electron chi connectivity index (χ3n) is 5.53. The number of hydrogen-bond donors (Lipinski definition) is 2. The van der Waals surface area contributed by atoms with Crippen LogP contribution in [0.1, 0.15) is 122 Å². The van der Waals surface area contributed by atoms with Gasteiger partial charge in [0.15, 0.2) is 11.5 Å². The highest BCUT2D eigenvalue weighted by atomic mass is 16.3. The zero-order valence-corrected chi connectivity index (χ0v) is 17.3. The van der Waals surface area contributed by atoms with Crippen molar-refractivity contribution in [1.82, 2.24) is 0 Å². The summed E-state index contributed by atoms with van der Waals surface area (Å²) in [6.45, 7) is 4.46. The first-order chi connectivity index (χ1) is 12.7. The Balaban J connectivity index is 2.12. The summed E-state index contributed by atoms with van der Waals surface area (Å²) in [5.74, 6) is 0.471. The van der Waals surface area contributed by atoms with Gasteiger partial charge in [0.25, 0.3) is 0 Å². The van der Waals surface area contributed by atoms with E-state index in [1.807, 2.05) is 12.1 Å². The summed E-state index contributed by atoms with van der Waals surface area (Å²) in [6, 6.07) is 5.37. The van der Waals surface area contributed by atoms with Gasteiger partial charge in [0, 0.05) is 5.56 Å². The molecule has 1 rings (SSSR count). The molecule has 0 aliphatic rings. The smallest absolute Gasteiger partial charge is 0.160 e. The van der Waals surface area contributed by atoms with Crippen LogP contribution in [0.3, 0.4) is 0 Å². The first-order valence-corrected chi connectivity index (χ1v) is 11.2. The van der Waals surface area contributed by atoms with Crippen molar-refractivity contribution < 1.29 is 10.2 Å². The largest absolute Gasteiger partial charge is 0.504 e. The fourth-order valence-electron chi connectivity index (χ4n) is 3.91. The highest BCUT2D eigenvalue weighted by Crippen LogP contribution is 2.38. The predicted octanol–water partition coefficient (Wildman–Crippen LogP) is 8.07. The molecule has 0 aromatic heterocycles. The standard InChI is InChI=1S/C24H42O2/c1-3-5-6-7-8-9-10-11-12-13-14-15-18-21(17-4-2)22-19-16-20-23(25)24(22)26/h16,19-21,25-26H,3-15,17-18H2,1-2H3. The van der Waals surface area contributed by atoms with Gasteiger partial charge in [-0.1, -0.05) is 109 Å². The maximum Gasteiger partial charge on any atom is 0.160 e. The minimum Gasteiger partial charge on any atom is -0.504 e. The Hall–Kier alpha value is -1.18. The lowest BCUT2D eigenvalue weighted by Crippen LogP contribution is -1.99. The van der Waals surface area contributed by atoms with Gasteiger partial charge in [-0.25, -0.2) is 0 Å². The quantitative estimate of drug-likeness (QED) is 0.230. The van der Waals surface area contributed by atoms with Crippen LogP contribution in [0.15, 0.2) is 18.2 Å². The Morgan fingerprint density at radius 2 is 1.19 bits per heavy atom. The van der Waals surface area contributed by atoms with Gasteiger partial charge in [0.05, 0.1) is 0 Å². The van der Waals surface area contributed by atoms with Crippen LogP contribution in [-0.4, -0.2) is 10.2 Å². The second-order valence-corrected chi connectivity index (χ2v) is 7.88. The molecule has 150 valence electrons. The van der Waals surface area contributed by atoms with E-state index in [2.05, 4.69) is 13.8 Å². The summed E-state index contributed by atoms with van der Waals surface area (Å²) in [6.07, 6.45) is 19.7. The van der Waals surface area contributed by atoms with Crippen LogP contribution in [0, 0.1) is 0 Å². The molecule has 0 bridgehead atoms. The van der Waals surface area contributed by atoms with E-state index in [4.69, 9.17) is 0 Å². The molecule has 2 nitrogen and oxygen atoms in total. The number of unbranched alkanes of at least 4 members (excludes halogenated alkanes) is 11. The van der Waals surface area contributed by atoms with Crippen molar-refractivity contribution in [2.24, 2.45) is 0 Å². The monoisotopic (exact) mass is 362 g/mol. The van der Waals surface area contributed by atoms with E-state index in [0.717, 1.165) is 24.8 Å². The van der Waals surface area contributed by atoms with Crippen LogP contribution in [-0.2, 0) is 0 Å². The molecule has 0 fully saturated rings. The molecular formula is C24H42O2. The Kier molecular flexibility index (Phi) is 13.1. The van der Waals surface area contributed by atoms with Gasteiger partial charge in [0.2, 0.25) is 0 Å². The molecule has 0 aliphatic carbocycles. The number of hydrogen-bond acceptors (Lipinski definition) is 2. The van der Waals surface area contributed by atoms with Gasteiger partial charge in [-0.3, -0.25) is 0 Å². The van der Waals surface area contributed by atoms with Crippen molar-refractivity contribution in [3.05, 3.63) is 23.8 Å². The van der Waals surface area contributed by atoms with E-state index < -0.39 is 0 Å². The van der Waals surface area contributed by atoms with Crippen molar-refractivity contribution in [1.29, 1.82) is 0 Å². The van der Waals surface area contributed by atoms with Crippen molar-refractivity contribution >= 4 is 0 Å². The molecule has 0 heterocycles. The van der Waals surface area contributed by atoms with Crippen LogP contribution < -0.4 is 0 Å². The number of rotatable bonds is 16. The summed E-state index contributed by atoms with van der Waals surface area (Å²) in [7, 11) is 0. The molecular weight excluding hydrogens is 320 g/mol. The van der Waals surface area contributed by atoms with E-state index in [-0.39, 0.29) is 11.5 Å². The molecule has 0 aliphatic heterocycles. The molecule has 2 heteroatoms. The molecule has 0 radical (unpaired) electrons. The Labute approximate surface area is 162 Å². The van der Waals surface area contributed by atoms with Crippen molar-refractivity contribution in [2.45, 2.75) is 116 Å². The van der Waals surface area contributed by atoms with E-state index >= 15 is 0 Å². The Morgan fingerprint density at radius 1 is 0.654 bits per heavy atom. The molecule has 1 unspecified atom stereocenters. The number of phenolic OH excluding ortho intramolecular Hbond substituents is 2. The molecule has 0 spiro atoms. The van der Waals surface area contributed by atoms with Gasteiger partial charge in [-0.05, 0) is 24.8 Å². The molecule has 0 saturated carbocycles. The number of aromatic hydroxyl groups is 2. The average Bonchev–Trinajstić information content (AvgIpc) is 2.64. The predicted molar refractivity (Wildman–Crippen MR) is 113 cm³/mol. The van der Waals surface area contributed by atoms with Crippen molar-refractivity contribution in [3.63, 3.8) is 0 Å². The SMILES string of the molecule is CCCCCCCCCCCCCCC(CCC)c1cccc(O)c1O. The third kappa shape index (κ3) is 9.50. The van der Waals surface area contributed by atoms with Gasteiger partial charge < -0.3 is 10.2 Å². The topological polar surface area (TPSA) is 40.5 Å². The highest BCUT2D eigenvalue weighted by Gasteiger charge is 2.16. The summed E-state index contributed by atoms with van der Waals surface area (Å²) in [4.78, 5) is 0. The molecule has 0 saturated heterocycles. The van der Waals surface area contributed by atoms with Crippen LogP contribution >= 0.6 is 0 Å². The summed E-state index contributed by atoms with van der Waals surface area (Å²) in [5.41, 5.74) is 0.926. The molecule has 1 aromatic carbocycles. The fourth-order valence-corrected chi connectivity index (χ4v) is 3.91. The molecule has 2 N–H and O–H groups in total. The van der Waals surface area contributed by atoms with Crippen molar-refractivity contribution in [3.8, 4) is 11.5 Å². The first kappa shape index (κ1) is 22.9. The Morgan fingerprint density at radius 3 is 1.73 bits per heavy atom.